The topological polar surface area (TPSA) is 146 Å². The van der Waals surface area contributed by atoms with Gasteiger partial charge in [-0.25, -0.2) is 10.1 Å². The Morgan fingerprint density at radius 2 is 2.00 bits per heavy atom. The zero-order valence-electron chi connectivity index (χ0n) is 18.0. The summed E-state index contributed by atoms with van der Waals surface area (Å²) in [5.41, 5.74) is 7.86. The first kappa shape index (κ1) is 23.4. The van der Waals surface area contributed by atoms with Gasteiger partial charge in [0.15, 0.2) is 5.69 Å². The lowest BCUT2D eigenvalue weighted by atomic mass is 10.1. The number of anilines is 1. The van der Waals surface area contributed by atoms with Crippen LogP contribution >= 0.6 is 0 Å². The Morgan fingerprint density at radius 1 is 1.23 bits per heavy atom. The molecule has 0 aliphatic rings. The molecule has 0 atom stereocenters. The second-order valence-corrected chi connectivity index (χ2v) is 6.95. The van der Waals surface area contributed by atoms with Crippen LogP contribution in [0.25, 0.3) is 17.1 Å². The first-order valence-electron chi connectivity index (χ1n) is 10.1. The van der Waals surface area contributed by atoms with E-state index in [0.29, 0.717) is 17.9 Å². The Morgan fingerprint density at radius 3 is 2.66 bits per heavy atom. The van der Waals surface area contributed by atoms with Gasteiger partial charge < -0.3 is 10.5 Å². The van der Waals surface area contributed by atoms with Crippen molar-refractivity contribution in [1.29, 1.82) is 0 Å². The monoisotopic (exact) mass is 486 g/mol. The van der Waals surface area contributed by atoms with E-state index in [9.17, 15) is 18.0 Å². The summed E-state index contributed by atoms with van der Waals surface area (Å²) >= 11 is 0. The molecule has 35 heavy (non-hydrogen) atoms. The molecule has 0 bridgehead atoms. The number of hydrogen-bond donors (Lipinski definition) is 2. The van der Waals surface area contributed by atoms with Crippen molar-refractivity contribution in [3.8, 4) is 22.8 Å². The summed E-state index contributed by atoms with van der Waals surface area (Å²) in [7, 11) is 0. The molecule has 2 aromatic heterocycles. The molecule has 2 heterocycles. The maximum absolute atomic E-state index is 12.9. The molecule has 0 aliphatic heterocycles. The Balaban J connectivity index is 1.64. The summed E-state index contributed by atoms with van der Waals surface area (Å²) < 4.78 is 49.9. The van der Waals surface area contributed by atoms with Crippen molar-refractivity contribution in [3.63, 3.8) is 0 Å². The fraction of sp³-hybridized carbons (Fsp3) is 0.143. The van der Waals surface area contributed by atoms with Crippen LogP contribution in [0.4, 0.5) is 19.0 Å². The van der Waals surface area contributed by atoms with Gasteiger partial charge in [0.2, 0.25) is 11.6 Å². The van der Waals surface area contributed by atoms with Gasteiger partial charge in [-0.1, -0.05) is 17.3 Å². The maximum Gasteiger partial charge on any atom is 0.416 e. The lowest BCUT2D eigenvalue weighted by Crippen LogP contribution is -2.19. The number of carbonyl (C=O) groups excluding carboxylic acids is 1. The van der Waals surface area contributed by atoms with Gasteiger partial charge >= 0.3 is 6.18 Å². The van der Waals surface area contributed by atoms with Crippen molar-refractivity contribution >= 4 is 17.9 Å². The van der Waals surface area contributed by atoms with Crippen LogP contribution in [0.3, 0.4) is 0 Å². The molecule has 1 amide bonds. The summed E-state index contributed by atoms with van der Waals surface area (Å²) in [5.74, 6) is -0.252. The van der Waals surface area contributed by atoms with Crippen LogP contribution < -0.4 is 15.9 Å². The SMILES string of the molecule is CCOc1ccc(-c2c(C(=O)NN=Cc3cccc(C(F)(F)F)c3)nnn2-c2nonc2N)cc1. The third-order valence-electron chi connectivity index (χ3n) is 4.61. The Bertz CT molecular complexity index is 1360. The number of nitrogens with zero attached hydrogens (tertiary/aromatic N) is 6. The van der Waals surface area contributed by atoms with Crippen LogP contribution in [-0.2, 0) is 6.18 Å². The van der Waals surface area contributed by atoms with Crippen LogP contribution in [0, 0.1) is 0 Å². The molecule has 0 fully saturated rings. The molecule has 3 N–H and O–H groups in total. The van der Waals surface area contributed by atoms with E-state index >= 15 is 0 Å². The van der Waals surface area contributed by atoms with Gasteiger partial charge in [-0.2, -0.15) is 23.0 Å². The van der Waals surface area contributed by atoms with E-state index < -0.39 is 17.6 Å². The molecule has 14 heteroatoms. The highest BCUT2D eigenvalue weighted by atomic mass is 19.4. The highest BCUT2D eigenvalue weighted by Gasteiger charge is 2.30. The highest BCUT2D eigenvalue weighted by molar-refractivity contribution is 5.98. The van der Waals surface area contributed by atoms with Gasteiger partial charge in [0.25, 0.3) is 5.91 Å². The van der Waals surface area contributed by atoms with Crippen molar-refractivity contribution in [2.45, 2.75) is 13.1 Å². The standard InChI is InChI=1S/C21H17F3N8O3/c1-2-34-15-8-6-13(7-9-15)17-16(27-31-32(17)19-18(25)29-35-30-19)20(33)28-26-11-12-4-3-5-14(10-12)21(22,23)24/h3-11H,2H2,1H3,(H2,25,29)(H,28,33). The van der Waals surface area contributed by atoms with E-state index in [1.54, 1.807) is 24.3 Å². The van der Waals surface area contributed by atoms with E-state index in [2.05, 4.69) is 35.8 Å². The van der Waals surface area contributed by atoms with Crippen molar-refractivity contribution < 1.29 is 27.3 Å². The first-order valence-corrected chi connectivity index (χ1v) is 10.1. The van der Waals surface area contributed by atoms with Crippen molar-refractivity contribution in [1.82, 2.24) is 30.7 Å². The fourth-order valence-electron chi connectivity index (χ4n) is 3.07. The minimum absolute atomic E-state index is 0.00732. The minimum Gasteiger partial charge on any atom is -0.494 e. The third-order valence-corrected chi connectivity index (χ3v) is 4.61. The number of benzene rings is 2. The lowest BCUT2D eigenvalue weighted by Gasteiger charge is -2.08. The van der Waals surface area contributed by atoms with Crippen LogP contribution in [0.1, 0.15) is 28.5 Å². The van der Waals surface area contributed by atoms with Crippen molar-refractivity contribution in [2.24, 2.45) is 5.10 Å². The number of nitrogens with two attached hydrogens (primary N) is 1. The average Bonchev–Trinajstić information content (AvgIpc) is 3.45. The zero-order chi connectivity index (χ0) is 25.0. The molecular weight excluding hydrogens is 469 g/mol. The number of aromatic nitrogens is 5. The Kier molecular flexibility index (Phi) is 6.44. The first-order chi connectivity index (χ1) is 16.8. The Labute approximate surface area is 195 Å². The molecule has 0 radical (unpaired) electrons. The summed E-state index contributed by atoms with van der Waals surface area (Å²) in [5, 5.41) is 18.8. The number of rotatable bonds is 7. The van der Waals surface area contributed by atoms with Gasteiger partial charge in [-0.05, 0) is 59.2 Å². The number of alkyl halides is 3. The number of carbonyl (C=O) groups is 1. The van der Waals surface area contributed by atoms with Gasteiger partial charge in [0.05, 0.1) is 18.4 Å². The van der Waals surface area contributed by atoms with Crippen molar-refractivity contribution in [2.75, 3.05) is 12.3 Å². The highest BCUT2D eigenvalue weighted by Crippen LogP contribution is 2.30. The molecular formula is C21H17F3N8O3. The smallest absolute Gasteiger partial charge is 0.416 e. The second-order valence-electron chi connectivity index (χ2n) is 6.95. The molecule has 0 unspecified atom stereocenters. The molecule has 0 saturated carbocycles. The molecule has 4 aromatic rings. The molecule has 0 aliphatic carbocycles. The third kappa shape index (κ3) is 5.10. The summed E-state index contributed by atoms with van der Waals surface area (Å²) in [4.78, 5) is 12.9. The molecule has 0 spiro atoms. The number of amides is 1. The molecule has 180 valence electrons. The molecule has 2 aromatic carbocycles. The largest absolute Gasteiger partial charge is 0.494 e. The van der Waals surface area contributed by atoms with Crippen LogP contribution in [0.15, 0.2) is 58.3 Å². The number of ether oxygens (including phenoxy) is 1. The summed E-state index contributed by atoms with van der Waals surface area (Å²) in [6, 6.07) is 11.2. The van der Waals surface area contributed by atoms with Gasteiger partial charge in [-0.15, -0.1) is 5.10 Å². The number of nitrogen functional groups attached to an aromatic ring is 1. The van der Waals surface area contributed by atoms with E-state index in [0.717, 1.165) is 18.3 Å². The molecule has 4 rings (SSSR count). The zero-order valence-corrected chi connectivity index (χ0v) is 18.0. The number of halogens is 3. The number of nitrogens with one attached hydrogen (secondary N) is 1. The predicted octanol–water partition coefficient (Wildman–Crippen LogP) is 3.08. The van der Waals surface area contributed by atoms with E-state index in [1.165, 1.54) is 16.8 Å². The predicted molar refractivity (Wildman–Crippen MR) is 117 cm³/mol. The van der Waals surface area contributed by atoms with Gasteiger partial charge in [0.1, 0.15) is 11.4 Å². The quantitative estimate of drug-likeness (QED) is 0.299. The van der Waals surface area contributed by atoms with Crippen molar-refractivity contribution in [3.05, 3.63) is 65.4 Å². The molecule has 11 nitrogen and oxygen atoms in total. The summed E-state index contributed by atoms with van der Waals surface area (Å²) in [6.07, 6.45) is -3.43. The number of hydrogen-bond acceptors (Lipinski definition) is 9. The van der Waals surface area contributed by atoms with Crippen LogP contribution in [-0.4, -0.2) is 44.0 Å². The molecule has 0 saturated heterocycles. The van der Waals surface area contributed by atoms with E-state index in [-0.39, 0.29) is 28.6 Å². The normalized spacial score (nSPS) is 11.7. The number of hydrazone groups is 1. The van der Waals surface area contributed by atoms with Gasteiger partial charge in [0, 0.05) is 5.56 Å². The average molecular weight is 486 g/mol. The van der Waals surface area contributed by atoms with E-state index in [1.807, 2.05) is 6.92 Å². The van der Waals surface area contributed by atoms with Crippen LogP contribution in [0.2, 0.25) is 0 Å². The lowest BCUT2D eigenvalue weighted by molar-refractivity contribution is -0.137. The fourth-order valence-corrected chi connectivity index (χ4v) is 3.07. The summed E-state index contributed by atoms with van der Waals surface area (Å²) in [6.45, 7) is 2.31. The second kappa shape index (κ2) is 9.62. The van der Waals surface area contributed by atoms with Crippen LogP contribution in [0.5, 0.6) is 5.75 Å². The van der Waals surface area contributed by atoms with Gasteiger partial charge in [-0.3, -0.25) is 4.79 Å². The van der Waals surface area contributed by atoms with E-state index in [4.69, 9.17) is 10.5 Å². The Hall–Kier alpha value is -4.75. The maximum atomic E-state index is 12.9. The minimum atomic E-state index is -4.50.